The van der Waals surface area contributed by atoms with Crippen molar-refractivity contribution in [2.45, 2.75) is 31.9 Å². The Morgan fingerprint density at radius 1 is 1.15 bits per heavy atom. The van der Waals surface area contributed by atoms with Crippen LogP contribution in [0.2, 0.25) is 0 Å². The van der Waals surface area contributed by atoms with Gasteiger partial charge in [-0.05, 0) is 46.5 Å². The number of benzene rings is 1. The topological polar surface area (TPSA) is 39.7 Å². The molecule has 0 radical (unpaired) electrons. The Labute approximate surface area is 127 Å². The van der Waals surface area contributed by atoms with Gasteiger partial charge in [0.25, 0.3) is 0 Å². The minimum Gasteiger partial charge on any atom is -0.490 e. The maximum Gasteiger partial charge on any atom is 0.175 e. The smallest absolute Gasteiger partial charge is 0.175 e. The van der Waals surface area contributed by atoms with Crippen LogP contribution in [0.5, 0.6) is 11.5 Å². The van der Waals surface area contributed by atoms with E-state index >= 15 is 0 Å². The largest absolute Gasteiger partial charge is 0.490 e. The highest BCUT2D eigenvalue weighted by Crippen LogP contribution is 2.38. The Kier molecular flexibility index (Phi) is 4.81. The molecule has 110 valence electrons. The van der Waals surface area contributed by atoms with Gasteiger partial charge in [0, 0.05) is 26.1 Å². The molecule has 0 saturated carbocycles. The van der Waals surface area contributed by atoms with E-state index < -0.39 is 0 Å². The predicted octanol–water partition coefficient (Wildman–Crippen LogP) is 2.88. The van der Waals surface area contributed by atoms with E-state index in [4.69, 9.17) is 14.2 Å². The van der Waals surface area contributed by atoms with Crippen LogP contribution in [0, 0.1) is 0 Å². The molecule has 0 aliphatic carbocycles. The summed E-state index contributed by atoms with van der Waals surface area (Å²) in [6.07, 6.45) is 3.65. The van der Waals surface area contributed by atoms with Crippen molar-refractivity contribution < 1.29 is 14.2 Å². The molecule has 0 amide bonds. The lowest BCUT2D eigenvalue weighted by molar-refractivity contribution is 0.110. The zero-order valence-electron chi connectivity index (χ0n) is 11.5. The molecule has 1 fully saturated rings. The Bertz CT molecular complexity index is 461. The van der Waals surface area contributed by atoms with Crippen LogP contribution in [-0.4, -0.2) is 32.5 Å². The lowest BCUT2D eigenvalue weighted by Gasteiger charge is -2.14. The van der Waals surface area contributed by atoms with E-state index in [1.807, 2.05) is 0 Å². The number of fused-ring (bicyclic) bond motifs is 1. The predicted molar refractivity (Wildman–Crippen MR) is 80.4 cm³/mol. The van der Waals surface area contributed by atoms with Crippen LogP contribution < -0.4 is 14.8 Å². The Morgan fingerprint density at radius 2 is 2.05 bits per heavy atom. The van der Waals surface area contributed by atoms with Gasteiger partial charge in [-0.15, -0.1) is 0 Å². The number of hydrogen-bond acceptors (Lipinski definition) is 4. The van der Waals surface area contributed by atoms with Crippen LogP contribution >= 0.6 is 15.9 Å². The molecular formula is C15H20BrNO3. The van der Waals surface area contributed by atoms with E-state index in [0.29, 0.717) is 19.3 Å². The second-order valence-electron chi connectivity index (χ2n) is 5.22. The maximum atomic E-state index is 5.74. The molecule has 1 N–H and O–H groups in total. The highest BCUT2D eigenvalue weighted by molar-refractivity contribution is 9.10. The van der Waals surface area contributed by atoms with Gasteiger partial charge in [-0.2, -0.15) is 0 Å². The zero-order valence-corrected chi connectivity index (χ0v) is 13.1. The summed E-state index contributed by atoms with van der Waals surface area (Å²) in [5.41, 5.74) is 1.19. The van der Waals surface area contributed by atoms with Crippen LogP contribution in [0.3, 0.4) is 0 Å². The summed E-state index contributed by atoms with van der Waals surface area (Å²) in [6.45, 7) is 4.05. The highest BCUT2D eigenvalue weighted by Gasteiger charge is 2.17. The van der Waals surface area contributed by atoms with Gasteiger partial charge in [-0.1, -0.05) is 0 Å². The summed E-state index contributed by atoms with van der Waals surface area (Å²) < 4.78 is 18.0. The van der Waals surface area contributed by atoms with Crippen molar-refractivity contribution in [3.63, 3.8) is 0 Å². The van der Waals surface area contributed by atoms with Crippen LogP contribution in [0.4, 0.5) is 0 Å². The Morgan fingerprint density at radius 3 is 2.90 bits per heavy atom. The third-order valence-electron chi connectivity index (χ3n) is 3.59. The number of halogens is 1. The summed E-state index contributed by atoms with van der Waals surface area (Å²) in [6, 6.07) is 4.16. The molecule has 0 aromatic heterocycles. The fraction of sp³-hybridized carbons (Fsp3) is 0.600. The van der Waals surface area contributed by atoms with Crippen molar-refractivity contribution in [1.82, 2.24) is 5.32 Å². The molecule has 1 saturated heterocycles. The van der Waals surface area contributed by atoms with Crippen molar-refractivity contribution in [1.29, 1.82) is 0 Å². The molecule has 2 heterocycles. The van der Waals surface area contributed by atoms with Gasteiger partial charge >= 0.3 is 0 Å². The molecule has 1 unspecified atom stereocenters. The minimum absolute atomic E-state index is 0.374. The van der Waals surface area contributed by atoms with Crippen molar-refractivity contribution in [2.24, 2.45) is 0 Å². The van der Waals surface area contributed by atoms with Crippen molar-refractivity contribution in [3.8, 4) is 11.5 Å². The molecule has 1 aromatic carbocycles. The molecular weight excluding hydrogens is 322 g/mol. The zero-order chi connectivity index (χ0) is 13.8. The summed E-state index contributed by atoms with van der Waals surface area (Å²) in [7, 11) is 0. The standard InChI is InChI=1S/C15H20BrNO3/c16-13-7-11(9-17-10-12-3-1-4-18-12)8-14-15(13)20-6-2-5-19-14/h7-8,12,17H,1-6,9-10H2. The van der Waals surface area contributed by atoms with Crippen LogP contribution in [0.25, 0.3) is 0 Å². The molecule has 1 aromatic rings. The Balaban J connectivity index is 1.61. The van der Waals surface area contributed by atoms with Crippen LogP contribution in [-0.2, 0) is 11.3 Å². The first-order valence-corrected chi connectivity index (χ1v) is 8.02. The van der Waals surface area contributed by atoms with E-state index in [-0.39, 0.29) is 0 Å². The molecule has 20 heavy (non-hydrogen) atoms. The highest BCUT2D eigenvalue weighted by atomic mass is 79.9. The lowest BCUT2D eigenvalue weighted by Crippen LogP contribution is -2.25. The van der Waals surface area contributed by atoms with Gasteiger partial charge in [-0.3, -0.25) is 0 Å². The van der Waals surface area contributed by atoms with Crippen molar-refractivity contribution >= 4 is 15.9 Å². The SMILES string of the molecule is Brc1cc(CNCC2CCCO2)cc2c1OCCCO2. The lowest BCUT2D eigenvalue weighted by atomic mass is 10.2. The number of rotatable bonds is 4. The van der Waals surface area contributed by atoms with Crippen LogP contribution in [0.1, 0.15) is 24.8 Å². The molecule has 2 aliphatic heterocycles. The van der Waals surface area contributed by atoms with Crippen LogP contribution in [0.15, 0.2) is 16.6 Å². The summed E-state index contributed by atoms with van der Waals surface area (Å²) in [5, 5.41) is 3.45. The molecule has 2 aliphatic rings. The van der Waals surface area contributed by atoms with Crippen molar-refractivity contribution in [2.75, 3.05) is 26.4 Å². The third-order valence-corrected chi connectivity index (χ3v) is 4.18. The molecule has 0 spiro atoms. The average molecular weight is 342 g/mol. The quantitative estimate of drug-likeness (QED) is 0.913. The van der Waals surface area contributed by atoms with Gasteiger partial charge in [-0.25, -0.2) is 0 Å². The number of nitrogens with one attached hydrogen (secondary N) is 1. The van der Waals surface area contributed by atoms with E-state index in [1.54, 1.807) is 0 Å². The summed E-state index contributed by atoms with van der Waals surface area (Å²) in [5.74, 6) is 1.66. The van der Waals surface area contributed by atoms with Gasteiger partial charge in [0.1, 0.15) is 0 Å². The van der Waals surface area contributed by atoms with Gasteiger partial charge < -0.3 is 19.5 Å². The van der Waals surface area contributed by atoms with Gasteiger partial charge in [0.05, 0.1) is 23.8 Å². The molecule has 3 rings (SSSR count). The normalized spacial score (nSPS) is 21.8. The first-order valence-electron chi connectivity index (χ1n) is 7.23. The maximum absolute atomic E-state index is 5.74. The van der Waals surface area contributed by atoms with E-state index in [0.717, 1.165) is 48.5 Å². The van der Waals surface area contributed by atoms with Gasteiger partial charge in [0.15, 0.2) is 11.5 Å². The number of hydrogen-bond donors (Lipinski definition) is 1. The second-order valence-corrected chi connectivity index (χ2v) is 6.08. The van der Waals surface area contributed by atoms with E-state index in [1.165, 1.54) is 12.0 Å². The third kappa shape index (κ3) is 3.45. The molecule has 1 atom stereocenters. The average Bonchev–Trinajstić information content (AvgIpc) is 2.83. The summed E-state index contributed by atoms with van der Waals surface area (Å²) in [4.78, 5) is 0. The minimum atomic E-state index is 0.374. The first kappa shape index (κ1) is 14.2. The Hall–Kier alpha value is -0.780. The fourth-order valence-corrected chi connectivity index (χ4v) is 3.17. The molecule has 5 heteroatoms. The number of ether oxygens (including phenoxy) is 3. The van der Waals surface area contributed by atoms with E-state index in [9.17, 15) is 0 Å². The van der Waals surface area contributed by atoms with Gasteiger partial charge in [0.2, 0.25) is 0 Å². The monoisotopic (exact) mass is 341 g/mol. The molecule has 0 bridgehead atoms. The summed E-state index contributed by atoms with van der Waals surface area (Å²) >= 11 is 3.57. The molecule has 4 nitrogen and oxygen atoms in total. The second kappa shape index (κ2) is 6.78. The van der Waals surface area contributed by atoms with Crippen molar-refractivity contribution in [3.05, 3.63) is 22.2 Å². The first-order chi connectivity index (χ1) is 9.83. The van der Waals surface area contributed by atoms with E-state index in [2.05, 4.69) is 33.4 Å². The fourth-order valence-electron chi connectivity index (χ4n) is 2.57.